The zero-order valence-corrected chi connectivity index (χ0v) is 18.4. The molecule has 0 aliphatic heterocycles. The van der Waals surface area contributed by atoms with E-state index in [0.29, 0.717) is 5.13 Å². The summed E-state index contributed by atoms with van der Waals surface area (Å²) in [5.41, 5.74) is 7.80. The van der Waals surface area contributed by atoms with Crippen LogP contribution in [-0.4, -0.2) is 19.5 Å². The smallest absolute Gasteiger partial charge is 0.180 e. The first-order valence-electron chi connectivity index (χ1n) is 8.72. The summed E-state index contributed by atoms with van der Waals surface area (Å²) in [5.74, 6) is 1.86. The fraction of sp³-hybridized carbons (Fsp3) is 0.150. The number of aryl methyl sites for hydroxylation is 3. The number of hydrogen-bond acceptors (Lipinski definition) is 6. The lowest BCUT2D eigenvalue weighted by molar-refractivity contribution is 0.784. The number of benzene rings is 1. The van der Waals surface area contributed by atoms with Gasteiger partial charge in [0, 0.05) is 39.3 Å². The summed E-state index contributed by atoms with van der Waals surface area (Å²) >= 11 is 6.72. The van der Waals surface area contributed by atoms with Crippen LogP contribution in [0.1, 0.15) is 17.2 Å². The Morgan fingerprint density at radius 1 is 1.14 bits per heavy atom. The lowest BCUT2D eigenvalue weighted by atomic mass is 10.2. The predicted octanol–water partition coefficient (Wildman–Crippen LogP) is 5.31. The number of nitrogens with two attached hydrogens (primary N) is 1. The van der Waals surface area contributed by atoms with Crippen LogP contribution in [0.15, 0.2) is 68.4 Å². The molecule has 0 bridgehead atoms. The molecule has 4 rings (SSSR count). The van der Waals surface area contributed by atoms with E-state index in [1.54, 1.807) is 11.8 Å². The molecule has 3 aromatic heterocycles. The van der Waals surface area contributed by atoms with E-state index < -0.39 is 0 Å². The second-order valence-electron chi connectivity index (χ2n) is 6.22. The van der Waals surface area contributed by atoms with Crippen LogP contribution in [0.4, 0.5) is 5.13 Å². The van der Waals surface area contributed by atoms with Gasteiger partial charge in [-0.15, -0.1) is 11.3 Å². The fourth-order valence-corrected chi connectivity index (χ4v) is 4.95. The van der Waals surface area contributed by atoms with Gasteiger partial charge in [0.05, 0.1) is 10.6 Å². The van der Waals surface area contributed by atoms with Gasteiger partial charge in [-0.2, -0.15) is 0 Å². The first kappa shape index (κ1) is 19.2. The standard InChI is InChI=1S/C20H18BrN5S2/c1-13-10-23-18(8-7-15-12-27-20(22)25-15)26(13)19-17(9-14(21)11-24-19)28-16-5-3-2-4-6-16/h2-6,9-12H,7-8H2,1H3,(H2,22,25). The van der Waals surface area contributed by atoms with Gasteiger partial charge in [-0.25, -0.2) is 15.0 Å². The Morgan fingerprint density at radius 2 is 1.96 bits per heavy atom. The minimum Gasteiger partial charge on any atom is -0.375 e. The number of hydrogen-bond donors (Lipinski definition) is 1. The van der Waals surface area contributed by atoms with Gasteiger partial charge >= 0.3 is 0 Å². The zero-order valence-electron chi connectivity index (χ0n) is 15.2. The number of halogens is 1. The quantitative estimate of drug-likeness (QED) is 0.412. The number of thiazole rings is 1. The van der Waals surface area contributed by atoms with Crippen LogP contribution in [0, 0.1) is 6.92 Å². The van der Waals surface area contributed by atoms with E-state index >= 15 is 0 Å². The molecule has 0 fully saturated rings. The Kier molecular flexibility index (Phi) is 5.79. The summed E-state index contributed by atoms with van der Waals surface area (Å²) in [6, 6.07) is 12.4. The fourth-order valence-electron chi connectivity index (χ4n) is 2.90. The van der Waals surface area contributed by atoms with Crippen molar-refractivity contribution < 1.29 is 0 Å². The molecule has 4 aromatic rings. The maximum absolute atomic E-state index is 5.75. The van der Waals surface area contributed by atoms with Crippen LogP contribution in [0.2, 0.25) is 0 Å². The number of rotatable bonds is 6. The molecule has 0 atom stereocenters. The Morgan fingerprint density at radius 3 is 2.71 bits per heavy atom. The van der Waals surface area contributed by atoms with Gasteiger partial charge in [-0.1, -0.05) is 30.0 Å². The Bertz CT molecular complexity index is 1090. The highest BCUT2D eigenvalue weighted by atomic mass is 79.9. The second kappa shape index (κ2) is 8.46. The van der Waals surface area contributed by atoms with E-state index in [0.717, 1.165) is 45.2 Å². The van der Waals surface area contributed by atoms with Crippen molar-refractivity contribution in [2.24, 2.45) is 0 Å². The highest BCUT2D eigenvalue weighted by Gasteiger charge is 2.16. The summed E-state index contributed by atoms with van der Waals surface area (Å²) in [5, 5.41) is 2.61. The van der Waals surface area contributed by atoms with Crippen LogP contribution >= 0.6 is 39.0 Å². The third-order valence-corrected chi connectivity index (χ3v) is 6.35. The maximum atomic E-state index is 5.75. The summed E-state index contributed by atoms with van der Waals surface area (Å²) in [6.07, 6.45) is 5.28. The second-order valence-corrected chi connectivity index (χ2v) is 9.14. The molecule has 8 heteroatoms. The molecule has 0 radical (unpaired) electrons. The van der Waals surface area contributed by atoms with Gasteiger partial charge in [0.2, 0.25) is 0 Å². The van der Waals surface area contributed by atoms with E-state index in [2.05, 4.69) is 55.6 Å². The Labute approximate surface area is 180 Å². The van der Waals surface area contributed by atoms with E-state index in [-0.39, 0.29) is 0 Å². The largest absolute Gasteiger partial charge is 0.375 e. The first-order valence-corrected chi connectivity index (χ1v) is 11.2. The van der Waals surface area contributed by atoms with Crippen LogP contribution in [0.5, 0.6) is 0 Å². The monoisotopic (exact) mass is 471 g/mol. The van der Waals surface area contributed by atoms with Gasteiger partial charge < -0.3 is 5.73 Å². The molecule has 0 amide bonds. The van der Waals surface area contributed by atoms with Crippen LogP contribution < -0.4 is 5.73 Å². The molecular formula is C20H18BrN5S2. The minimum absolute atomic E-state index is 0.602. The number of nitrogens with zero attached hydrogens (tertiary/aromatic N) is 4. The van der Waals surface area contributed by atoms with E-state index in [9.17, 15) is 0 Å². The lowest BCUT2D eigenvalue weighted by Crippen LogP contribution is -2.08. The summed E-state index contributed by atoms with van der Waals surface area (Å²) in [6.45, 7) is 2.05. The average Bonchev–Trinajstić information content (AvgIpc) is 3.27. The molecule has 2 N–H and O–H groups in total. The number of pyridine rings is 1. The molecule has 0 aliphatic carbocycles. The van der Waals surface area contributed by atoms with Crippen molar-refractivity contribution in [3.8, 4) is 5.82 Å². The highest BCUT2D eigenvalue weighted by molar-refractivity contribution is 9.10. The van der Waals surface area contributed by atoms with E-state index in [1.807, 2.05) is 36.0 Å². The first-order chi connectivity index (χ1) is 13.6. The van der Waals surface area contributed by atoms with Crippen LogP contribution in [0.25, 0.3) is 5.82 Å². The predicted molar refractivity (Wildman–Crippen MR) is 118 cm³/mol. The molecule has 1 aromatic carbocycles. The van der Waals surface area contributed by atoms with Crippen LogP contribution in [0.3, 0.4) is 0 Å². The van der Waals surface area contributed by atoms with Crippen molar-refractivity contribution in [2.45, 2.75) is 29.6 Å². The number of nitrogen functional groups attached to an aromatic ring is 1. The molecule has 0 unspecified atom stereocenters. The molecule has 0 spiro atoms. The summed E-state index contributed by atoms with van der Waals surface area (Å²) in [4.78, 5) is 15.9. The van der Waals surface area contributed by atoms with Crippen molar-refractivity contribution in [2.75, 3.05) is 5.73 Å². The van der Waals surface area contributed by atoms with Crippen molar-refractivity contribution in [1.29, 1.82) is 0 Å². The zero-order chi connectivity index (χ0) is 19.5. The van der Waals surface area contributed by atoms with Crippen LogP contribution in [-0.2, 0) is 12.8 Å². The maximum Gasteiger partial charge on any atom is 0.180 e. The summed E-state index contributed by atoms with van der Waals surface area (Å²) < 4.78 is 3.08. The van der Waals surface area contributed by atoms with Crippen molar-refractivity contribution in [1.82, 2.24) is 19.5 Å². The molecule has 142 valence electrons. The van der Waals surface area contributed by atoms with Gasteiger partial charge in [0.25, 0.3) is 0 Å². The number of anilines is 1. The number of aromatic nitrogens is 4. The SMILES string of the molecule is Cc1cnc(CCc2csc(N)n2)n1-c1ncc(Br)cc1Sc1ccccc1. The minimum atomic E-state index is 0.602. The molecule has 0 saturated carbocycles. The number of imidazole rings is 1. The Balaban J connectivity index is 1.68. The van der Waals surface area contributed by atoms with Crippen molar-refractivity contribution in [3.05, 3.63) is 75.9 Å². The lowest BCUT2D eigenvalue weighted by Gasteiger charge is -2.14. The molecule has 28 heavy (non-hydrogen) atoms. The van der Waals surface area contributed by atoms with Gasteiger partial charge in [-0.05, 0) is 47.5 Å². The van der Waals surface area contributed by atoms with Crippen molar-refractivity contribution in [3.63, 3.8) is 0 Å². The molecule has 5 nitrogen and oxygen atoms in total. The van der Waals surface area contributed by atoms with Gasteiger partial charge in [0.1, 0.15) is 5.82 Å². The topological polar surface area (TPSA) is 69.6 Å². The third-order valence-electron chi connectivity index (χ3n) is 4.17. The van der Waals surface area contributed by atoms with E-state index in [1.165, 1.54) is 16.2 Å². The molecule has 0 aliphatic rings. The van der Waals surface area contributed by atoms with Crippen molar-refractivity contribution >= 4 is 44.2 Å². The van der Waals surface area contributed by atoms with Gasteiger partial charge in [0.15, 0.2) is 10.9 Å². The normalized spacial score (nSPS) is 11.1. The molecule has 3 heterocycles. The molecular weight excluding hydrogens is 454 g/mol. The Hall–Kier alpha value is -2.16. The average molecular weight is 472 g/mol. The highest BCUT2D eigenvalue weighted by Crippen LogP contribution is 2.34. The van der Waals surface area contributed by atoms with E-state index in [4.69, 9.17) is 10.7 Å². The molecule has 0 saturated heterocycles. The van der Waals surface area contributed by atoms with Gasteiger partial charge in [-0.3, -0.25) is 4.57 Å². The third kappa shape index (κ3) is 4.29. The summed E-state index contributed by atoms with van der Waals surface area (Å²) in [7, 11) is 0.